The Morgan fingerprint density at radius 2 is 1.65 bits per heavy atom. The number of para-hydroxylation sites is 1. The Hall–Kier alpha value is -3.18. The maximum absolute atomic E-state index is 13.1. The van der Waals surface area contributed by atoms with Crippen LogP contribution in [0.25, 0.3) is 5.69 Å². The molecule has 0 unspecified atom stereocenters. The molecule has 11 heteroatoms. The monoisotopic (exact) mass is 492 g/mol. The van der Waals surface area contributed by atoms with Crippen molar-refractivity contribution < 1.29 is 26.4 Å². The predicted molar refractivity (Wildman–Crippen MR) is 119 cm³/mol. The Morgan fingerprint density at radius 1 is 0.971 bits per heavy atom. The van der Waals surface area contributed by atoms with Crippen molar-refractivity contribution in [1.29, 1.82) is 0 Å². The van der Waals surface area contributed by atoms with Crippen LogP contribution < -0.4 is 0 Å². The standard InChI is InChI=1S/C23H23F3N4O3S/c1-16-6-3-4-9-21(16)30-17(2)20(15-27-30)22(31)28-10-12-29(13-11-28)34(32,33)19-8-5-7-18(14-19)23(24,25)26/h3-9,14-15H,10-13H2,1-2H3. The van der Waals surface area contributed by atoms with Crippen LogP contribution in [0.4, 0.5) is 13.2 Å². The molecular weight excluding hydrogens is 469 g/mol. The van der Waals surface area contributed by atoms with Gasteiger partial charge in [-0.05, 0) is 43.7 Å². The molecule has 1 amide bonds. The molecule has 1 aromatic heterocycles. The first kappa shape index (κ1) is 24.0. The van der Waals surface area contributed by atoms with Crippen molar-refractivity contribution in [3.05, 3.63) is 77.1 Å². The quantitative estimate of drug-likeness (QED) is 0.557. The molecule has 0 bridgehead atoms. The van der Waals surface area contributed by atoms with Crippen LogP contribution in [0.2, 0.25) is 0 Å². The second-order valence-electron chi connectivity index (χ2n) is 8.06. The van der Waals surface area contributed by atoms with Gasteiger partial charge in [0.25, 0.3) is 5.91 Å². The molecule has 34 heavy (non-hydrogen) atoms. The highest BCUT2D eigenvalue weighted by atomic mass is 32.2. The van der Waals surface area contributed by atoms with Gasteiger partial charge in [0.05, 0.1) is 33.6 Å². The minimum atomic E-state index is -4.64. The van der Waals surface area contributed by atoms with Gasteiger partial charge in [-0.25, -0.2) is 13.1 Å². The van der Waals surface area contributed by atoms with Gasteiger partial charge in [0.1, 0.15) is 0 Å². The largest absolute Gasteiger partial charge is 0.416 e. The Balaban J connectivity index is 1.48. The van der Waals surface area contributed by atoms with E-state index < -0.39 is 26.7 Å². The van der Waals surface area contributed by atoms with E-state index in [0.717, 1.165) is 33.8 Å². The highest BCUT2D eigenvalue weighted by Gasteiger charge is 2.35. The predicted octanol–water partition coefficient (Wildman–Crippen LogP) is 3.65. The zero-order chi connectivity index (χ0) is 24.7. The molecule has 2 heterocycles. The lowest BCUT2D eigenvalue weighted by Gasteiger charge is -2.34. The van der Waals surface area contributed by atoms with Crippen LogP contribution >= 0.6 is 0 Å². The molecule has 180 valence electrons. The van der Waals surface area contributed by atoms with Crippen LogP contribution in [-0.4, -0.2) is 59.5 Å². The van der Waals surface area contributed by atoms with Gasteiger partial charge in [-0.3, -0.25) is 4.79 Å². The van der Waals surface area contributed by atoms with E-state index in [9.17, 15) is 26.4 Å². The molecule has 0 radical (unpaired) electrons. The Bertz CT molecular complexity index is 1330. The lowest BCUT2D eigenvalue weighted by molar-refractivity contribution is -0.137. The fourth-order valence-electron chi connectivity index (χ4n) is 3.95. The summed E-state index contributed by atoms with van der Waals surface area (Å²) < 4.78 is 67.6. The Labute approximate surface area is 195 Å². The maximum Gasteiger partial charge on any atom is 0.416 e. The van der Waals surface area contributed by atoms with E-state index >= 15 is 0 Å². The average molecular weight is 493 g/mol. The summed E-state index contributed by atoms with van der Waals surface area (Å²) in [5.41, 5.74) is 1.91. The van der Waals surface area contributed by atoms with Gasteiger partial charge < -0.3 is 4.90 Å². The van der Waals surface area contributed by atoms with E-state index in [-0.39, 0.29) is 32.1 Å². The number of carbonyl (C=O) groups is 1. The summed E-state index contributed by atoms with van der Waals surface area (Å²) >= 11 is 0. The summed E-state index contributed by atoms with van der Waals surface area (Å²) in [7, 11) is -4.12. The number of halogens is 3. The molecule has 7 nitrogen and oxygen atoms in total. The van der Waals surface area contributed by atoms with E-state index in [0.29, 0.717) is 17.3 Å². The first-order valence-electron chi connectivity index (χ1n) is 10.6. The number of piperazine rings is 1. The fourth-order valence-corrected chi connectivity index (χ4v) is 5.42. The molecule has 0 aliphatic carbocycles. The second-order valence-corrected chi connectivity index (χ2v) is 10.0. The van der Waals surface area contributed by atoms with Crippen LogP contribution in [0.5, 0.6) is 0 Å². The van der Waals surface area contributed by atoms with Gasteiger partial charge in [0, 0.05) is 26.2 Å². The molecule has 1 aliphatic heterocycles. The smallest absolute Gasteiger partial charge is 0.336 e. The molecule has 2 aromatic carbocycles. The molecule has 0 spiro atoms. The lowest BCUT2D eigenvalue weighted by atomic mass is 10.2. The molecule has 0 saturated carbocycles. The highest BCUT2D eigenvalue weighted by molar-refractivity contribution is 7.89. The van der Waals surface area contributed by atoms with Crippen LogP contribution in [0.3, 0.4) is 0 Å². The SMILES string of the molecule is Cc1ccccc1-n1ncc(C(=O)N2CCN(S(=O)(=O)c3cccc(C(F)(F)F)c3)CC2)c1C. The number of hydrogen-bond donors (Lipinski definition) is 0. The third-order valence-electron chi connectivity index (χ3n) is 5.91. The van der Waals surface area contributed by atoms with Crippen LogP contribution in [-0.2, 0) is 16.2 Å². The third kappa shape index (κ3) is 4.45. The number of hydrogen-bond acceptors (Lipinski definition) is 4. The van der Waals surface area contributed by atoms with E-state index in [4.69, 9.17) is 0 Å². The molecule has 0 atom stereocenters. The van der Waals surface area contributed by atoms with Crippen molar-refractivity contribution in [1.82, 2.24) is 19.0 Å². The highest BCUT2D eigenvalue weighted by Crippen LogP contribution is 2.31. The maximum atomic E-state index is 13.1. The number of amides is 1. The topological polar surface area (TPSA) is 75.5 Å². The van der Waals surface area contributed by atoms with Crippen molar-refractivity contribution in [3.63, 3.8) is 0 Å². The van der Waals surface area contributed by atoms with Gasteiger partial charge in [0.15, 0.2) is 0 Å². The third-order valence-corrected chi connectivity index (χ3v) is 7.80. The number of alkyl halides is 3. The number of benzene rings is 2. The molecule has 1 aliphatic rings. The number of rotatable bonds is 4. The average Bonchev–Trinajstić information content (AvgIpc) is 3.19. The normalized spacial score (nSPS) is 15.5. The summed E-state index contributed by atoms with van der Waals surface area (Å²) in [5.74, 6) is -0.270. The van der Waals surface area contributed by atoms with Crippen LogP contribution in [0.15, 0.2) is 59.6 Å². The Kier molecular flexibility index (Phi) is 6.26. The lowest BCUT2D eigenvalue weighted by Crippen LogP contribution is -2.50. The Morgan fingerprint density at radius 3 is 2.29 bits per heavy atom. The minimum absolute atomic E-state index is 0.0186. The van der Waals surface area contributed by atoms with E-state index in [1.807, 2.05) is 31.2 Å². The summed E-state index contributed by atoms with van der Waals surface area (Å²) in [6.07, 6.45) is -3.15. The molecule has 4 rings (SSSR count). The van der Waals surface area contributed by atoms with E-state index in [2.05, 4.69) is 5.10 Å². The van der Waals surface area contributed by atoms with Crippen molar-refractivity contribution >= 4 is 15.9 Å². The van der Waals surface area contributed by atoms with Crippen molar-refractivity contribution in [2.75, 3.05) is 26.2 Å². The molecule has 1 fully saturated rings. The number of carbonyl (C=O) groups excluding carboxylic acids is 1. The molecule has 0 N–H and O–H groups in total. The molecule has 1 saturated heterocycles. The zero-order valence-corrected chi connectivity index (χ0v) is 19.4. The van der Waals surface area contributed by atoms with Gasteiger partial charge in [0.2, 0.25) is 10.0 Å². The first-order chi connectivity index (χ1) is 16.0. The van der Waals surface area contributed by atoms with Crippen molar-refractivity contribution in [2.45, 2.75) is 24.9 Å². The zero-order valence-electron chi connectivity index (χ0n) is 18.6. The van der Waals surface area contributed by atoms with Crippen LogP contribution in [0.1, 0.15) is 27.2 Å². The van der Waals surface area contributed by atoms with Crippen molar-refractivity contribution in [3.8, 4) is 5.69 Å². The van der Waals surface area contributed by atoms with Gasteiger partial charge in [-0.15, -0.1) is 0 Å². The number of aromatic nitrogens is 2. The summed E-state index contributed by atoms with van der Waals surface area (Å²) in [6, 6.07) is 11.3. The van der Waals surface area contributed by atoms with E-state index in [1.165, 1.54) is 11.1 Å². The summed E-state index contributed by atoms with van der Waals surface area (Å²) in [4.78, 5) is 14.2. The summed E-state index contributed by atoms with van der Waals surface area (Å²) in [5, 5.41) is 4.36. The number of sulfonamides is 1. The van der Waals surface area contributed by atoms with Crippen LogP contribution in [0, 0.1) is 13.8 Å². The number of aryl methyl sites for hydroxylation is 1. The molecule has 3 aromatic rings. The van der Waals surface area contributed by atoms with Crippen molar-refractivity contribution in [2.24, 2.45) is 0 Å². The van der Waals surface area contributed by atoms with Gasteiger partial charge in [-0.1, -0.05) is 24.3 Å². The fraction of sp³-hybridized carbons (Fsp3) is 0.304. The first-order valence-corrected chi connectivity index (χ1v) is 12.0. The summed E-state index contributed by atoms with van der Waals surface area (Å²) in [6.45, 7) is 3.94. The number of nitrogens with zero attached hydrogens (tertiary/aromatic N) is 4. The molecular formula is C23H23F3N4O3S. The second kappa shape index (κ2) is 8.88. The van der Waals surface area contributed by atoms with Gasteiger partial charge >= 0.3 is 6.18 Å². The van der Waals surface area contributed by atoms with E-state index in [1.54, 1.807) is 11.6 Å². The minimum Gasteiger partial charge on any atom is -0.336 e. The van der Waals surface area contributed by atoms with Gasteiger partial charge in [-0.2, -0.15) is 22.6 Å².